The van der Waals surface area contributed by atoms with Crippen LogP contribution in [0, 0.1) is 17.2 Å². The number of nitrogens with one attached hydrogen (secondary N) is 1. The highest BCUT2D eigenvalue weighted by molar-refractivity contribution is 7.85. The topological polar surface area (TPSA) is 56.1 Å². The minimum Gasteiger partial charge on any atom is -0.301 e. The van der Waals surface area contributed by atoms with Crippen molar-refractivity contribution in [2.75, 3.05) is 37.7 Å². The lowest BCUT2D eigenvalue weighted by atomic mass is 9.85. The molecule has 108 valence electrons. The summed E-state index contributed by atoms with van der Waals surface area (Å²) >= 11 is 0. The third-order valence-corrected chi connectivity index (χ3v) is 5.85. The van der Waals surface area contributed by atoms with Gasteiger partial charge in [0.1, 0.15) is 5.54 Å². The van der Waals surface area contributed by atoms with Crippen molar-refractivity contribution in [1.29, 1.82) is 5.26 Å². The predicted octanol–water partition coefficient (Wildman–Crippen LogP) is 1.11. The fraction of sp³-hybridized carbons (Fsp3) is 0.929. The molecule has 19 heavy (non-hydrogen) atoms. The SMILES string of the molecule is CCNC1(C#N)CCCC1CCN1CCS(=O)CC1. The van der Waals surface area contributed by atoms with E-state index < -0.39 is 10.8 Å². The first-order chi connectivity index (χ1) is 9.20. The first kappa shape index (κ1) is 15.0. The highest BCUT2D eigenvalue weighted by Gasteiger charge is 2.42. The molecule has 0 aromatic carbocycles. The largest absolute Gasteiger partial charge is 0.301 e. The maximum absolute atomic E-state index is 11.3. The zero-order valence-corrected chi connectivity index (χ0v) is 12.7. The monoisotopic (exact) mass is 283 g/mol. The third kappa shape index (κ3) is 3.56. The molecule has 2 fully saturated rings. The van der Waals surface area contributed by atoms with Gasteiger partial charge in [-0.3, -0.25) is 9.53 Å². The average molecular weight is 283 g/mol. The molecule has 1 aliphatic heterocycles. The van der Waals surface area contributed by atoms with Gasteiger partial charge in [0, 0.05) is 35.4 Å². The summed E-state index contributed by atoms with van der Waals surface area (Å²) in [5.41, 5.74) is -0.284. The number of hydrogen-bond donors (Lipinski definition) is 1. The maximum atomic E-state index is 11.3. The summed E-state index contributed by atoms with van der Waals surface area (Å²) < 4.78 is 11.3. The summed E-state index contributed by atoms with van der Waals surface area (Å²) in [5, 5.41) is 12.9. The van der Waals surface area contributed by atoms with Gasteiger partial charge in [0.2, 0.25) is 0 Å². The second-order valence-electron chi connectivity index (χ2n) is 5.68. The zero-order valence-electron chi connectivity index (χ0n) is 11.9. The number of nitrogens with zero attached hydrogens (tertiary/aromatic N) is 2. The zero-order chi connectivity index (χ0) is 13.7. The standard InChI is InChI=1S/C14H25N3OS/c1-2-16-14(12-15)6-3-4-13(14)5-7-17-8-10-19(18)11-9-17/h13,16H,2-11H2,1H3. The van der Waals surface area contributed by atoms with E-state index in [0.29, 0.717) is 5.92 Å². The Balaban J connectivity index is 1.84. The lowest BCUT2D eigenvalue weighted by Crippen LogP contribution is -2.48. The maximum Gasteiger partial charge on any atom is 0.109 e. The van der Waals surface area contributed by atoms with Gasteiger partial charge in [0.25, 0.3) is 0 Å². The van der Waals surface area contributed by atoms with Gasteiger partial charge in [-0.15, -0.1) is 0 Å². The van der Waals surface area contributed by atoms with E-state index in [1.54, 1.807) is 0 Å². The van der Waals surface area contributed by atoms with Crippen molar-refractivity contribution < 1.29 is 4.21 Å². The van der Waals surface area contributed by atoms with Crippen molar-refractivity contribution in [2.45, 2.75) is 38.1 Å². The molecule has 0 amide bonds. The quantitative estimate of drug-likeness (QED) is 0.821. The Hall–Kier alpha value is -0.440. The summed E-state index contributed by atoms with van der Waals surface area (Å²) in [6, 6.07) is 2.54. The molecule has 4 nitrogen and oxygen atoms in total. The van der Waals surface area contributed by atoms with Crippen LogP contribution in [-0.2, 0) is 10.8 Å². The molecule has 5 heteroatoms. The van der Waals surface area contributed by atoms with Gasteiger partial charge in [-0.2, -0.15) is 5.26 Å². The molecular weight excluding hydrogens is 258 g/mol. The predicted molar refractivity (Wildman–Crippen MR) is 78.3 cm³/mol. The first-order valence-corrected chi connectivity index (χ1v) is 8.92. The molecule has 0 spiro atoms. The van der Waals surface area contributed by atoms with Crippen molar-refractivity contribution in [3.8, 4) is 6.07 Å². The summed E-state index contributed by atoms with van der Waals surface area (Å²) in [7, 11) is -0.593. The second-order valence-corrected chi connectivity index (χ2v) is 7.38. The van der Waals surface area contributed by atoms with Crippen LogP contribution in [0.25, 0.3) is 0 Å². The first-order valence-electron chi connectivity index (χ1n) is 7.44. The van der Waals surface area contributed by atoms with Crippen molar-refractivity contribution >= 4 is 10.8 Å². The van der Waals surface area contributed by atoms with Gasteiger partial charge < -0.3 is 4.90 Å². The number of rotatable bonds is 5. The van der Waals surface area contributed by atoms with Gasteiger partial charge in [-0.1, -0.05) is 13.3 Å². The number of hydrogen-bond acceptors (Lipinski definition) is 4. The van der Waals surface area contributed by atoms with Gasteiger partial charge in [0.05, 0.1) is 6.07 Å². The van der Waals surface area contributed by atoms with Crippen molar-refractivity contribution in [1.82, 2.24) is 10.2 Å². The van der Waals surface area contributed by atoms with Gasteiger partial charge >= 0.3 is 0 Å². The van der Waals surface area contributed by atoms with E-state index in [-0.39, 0.29) is 5.54 Å². The second kappa shape index (κ2) is 6.83. The number of nitriles is 1. The molecule has 1 heterocycles. The fourth-order valence-corrected chi connectivity index (χ4v) is 4.57. The average Bonchev–Trinajstić information content (AvgIpc) is 2.82. The molecule has 1 aliphatic carbocycles. The smallest absolute Gasteiger partial charge is 0.109 e. The lowest BCUT2D eigenvalue weighted by molar-refractivity contribution is 0.236. The van der Waals surface area contributed by atoms with Crippen molar-refractivity contribution in [3.63, 3.8) is 0 Å². The highest BCUT2D eigenvalue weighted by atomic mass is 32.2. The van der Waals surface area contributed by atoms with E-state index >= 15 is 0 Å². The van der Waals surface area contributed by atoms with E-state index in [4.69, 9.17) is 0 Å². The summed E-state index contributed by atoms with van der Waals surface area (Å²) in [4.78, 5) is 2.41. The molecule has 1 N–H and O–H groups in total. The van der Waals surface area contributed by atoms with Crippen molar-refractivity contribution in [2.24, 2.45) is 5.92 Å². The van der Waals surface area contributed by atoms with E-state index in [1.807, 2.05) is 0 Å². The van der Waals surface area contributed by atoms with E-state index in [2.05, 4.69) is 23.2 Å². The third-order valence-electron chi connectivity index (χ3n) is 4.58. The van der Waals surface area contributed by atoms with E-state index in [0.717, 1.165) is 56.9 Å². The summed E-state index contributed by atoms with van der Waals surface area (Å²) in [6.07, 6.45) is 4.41. The normalized spacial score (nSPS) is 33.4. The molecule has 1 saturated heterocycles. The lowest BCUT2D eigenvalue weighted by Gasteiger charge is -2.32. The van der Waals surface area contributed by atoms with E-state index in [1.165, 1.54) is 6.42 Å². The Morgan fingerprint density at radius 3 is 2.84 bits per heavy atom. The van der Waals surface area contributed by atoms with Gasteiger partial charge in [-0.05, 0) is 38.3 Å². The highest BCUT2D eigenvalue weighted by Crippen LogP contribution is 2.37. The van der Waals surface area contributed by atoms with Crippen LogP contribution in [0.1, 0.15) is 32.6 Å². The molecular formula is C14H25N3OS. The van der Waals surface area contributed by atoms with Crippen LogP contribution in [0.5, 0.6) is 0 Å². The minimum absolute atomic E-state index is 0.284. The minimum atomic E-state index is -0.593. The Morgan fingerprint density at radius 1 is 1.47 bits per heavy atom. The van der Waals surface area contributed by atoms with E-state index in [9.17, 15) is 9.47 Å². The van der Waals surface area contributed by atoms with Crippen LogP contribution in [-0.4, -0.2) is 52.3 Å². The van der Waals surface area contributed by atoms with Crippen LogP contribution in [0.2, 0.25) is 0 Å². The van der Waals surface area contributed by atoms with Crippen LogP contribution in [0.3, 0.4) is 0 Å². The molecule has 0 radical (unpaired) electrons. The molecule has 2 unspecified atom stereocenters. The Bertz CT molecular complexity index is 358. The molecule has 0 bridgehead atoms. The van der Waals surface area contributed by atoms with Gasteiger partial charge in [-0.25, -0.2) is 0 Å². The summed E-state index contributed by atoms with van der Waals surface area (Å²) in [6.45, 7) is 5.91. The Kier molecular flexibility index (Phi) is 5.37. The molecule has 2 atom stereocenters. The van der Waals surface area contributed by atoms with Crippen LogP contribution >= 0.6 is 0 Å². The molecule has 0 aromatic rings. The summed E-state index contributed by atoms with van der Waals surface area (Å²) in [5.74, 6) is 2.12. The molecule has 2 aliphatic rings. The molecule has 2 rings (SSSR count). The van der Waals surface area contributed by atoms with Gasteiger partial charge in [0.15, 0.2) is 0 Å². The fourth-order valence-electron chi connectivity index (χ4n) is 3.44. The molecule has 1 saturated carbocycles. The Labute approximate surface area is 119 Å². The van der Waals surface area contributed by atoms with Crippen LogP contribution in [0.4, 0.5) is 0 Å². The van der Waals surface area contributed by atoms with Crippen molar-refractivity contribution in [3.05, 3.63) is 0 Å². The molecule has 0 aromatic heterocycles. The van der Waals surface area contributed by atoms with Crippen LogP contribution in [0.15, 0.2) is 0 Å². The Morgan fingerprint density at radius 2 is 2.21 bits per heavy atom. The van der Waals surface area contributed by atoms with Crippen LogP contribution < -0.4 is 5.32 Å².